The summed E-state index contributed by atoms with van der Waals surface area (Å²) in [6, 6.07) is 1.90. The SMILES string of the molecule is Cc1cc(C)nc(-n2ncnc2CCl)n1. The molecule has 0 fully saturated rings. The van der Waals surface area contributed by atoms with Gasteiger partial charge in [-0.3, -0.25) is 0 Å². The van der Waals surface area contributed by atoms with Gasteiger partial charge in [0.25, 0.3) is 5.95 Å². The van der Waals surface area contributed by atoms with Crippen molar-refractivity contribution in [3.63, 3.8) is 0 Å². The monoisotopic (exact) mass is 223 g/mol. The summed E-state index contributed by atoms with van der Waals surface area (Å²) in [5, 5.41) is 4.04. The Morgan fingerprint density at radius 1 is 1.27 bits per heavy atom. The van der Waals surface area contributed by atoms with Gasteiger partial charge in [-0.1, -0.05) is 0 Å². The average molecular weight is 224 g/mol. The van der Waals surface area contributed by atoms with Crippen molar-refractivity contribution in [1.29, 1.82) is 0 Å². The third-order valence-corrected chi connectivity index (χ3v) is 2.14. The lowest BCUT2D eigenvalue weighted by Crippen LogP contribution is -2.08. The Bertz CT molecular complexity index is 459. The van der Waals surface area contributed by atoms with Crippen LogP contribution in [0.4, 0.5) is 0 Å². The van der Waals surface area contributed by atoms with E-state index in [0.717, 1.165) is 11.4 Å². The van der Waals surface area contributed by atoms with Crippen LogP contribution in [-0.2, 0) is 5.88 Å². The van der Waals surface area contributed by atoms with E-state index in [2.05, 4.69) is 20.1 Å². The molecule has 0 atom stereocenters. The van der Waals surface area contributed by atoms with E-state index in [1.165, 1.54) is 6.33 Å². The average Bonchev–Trinajstić information content (AvgIpc) is 2.63. The molecule has 0 saturated heterocycles. The second kappa shape index (κ2) is 3.94. The molecule has 5 nitrogen and oxygen atoms in total. The summed E-state index contributed by atoms with van der Waals surface area (Å²) in [6.45, 7) is 3.82. The first kappa shape index (κ1) is 10.0. The van der Waals surface area contributed by atoms with Crippen LogP contribution in [0.25, 0.3) is 5.95 Å². The van der Waals surface area contributed by atoms with Crippen molar-refractivity contribution in [3.8, 4) is 5.95 Å². The second-order valence-corrected chi connectivity index (χ2v) is 3.44. The molecule has 2 heterocycles. The van der Waals surface area contributed by atoms with Gasteiger partial charge in [0.2, 0.25) is 0 Å². The normalized spacial score (nSPS) is 10.6. The number of aryl methyl sites for hydroxylation is 2. The minimum Gasteiger partial charge on any atom is -0.218 e. The summed E-state index contributed by atoms with van der Waals surface area (Å²) in [6.07, 6.45) is 1.44. The highest BCUT2D eigenvalue weighted by atomic mass is 35.5. The summed E-state index contributed by atoms with van der Waals surface area (Å²) < 4.78 is 1.55. The highest BCUT2D eigenvalue weighted by molar-refractivity contribution is 6.16. The fraction of sp³-hybridized carbons (Fsp3) is 0.333. The molecule has 78 valence electrons. The van der Waals surface area contributed by atoms with E-state index < -0.39 is 0 Å². The Balaban J connectivity index is 2.53. The standard InChI is InChI=1S/C9H10ClN5/c1-6-3-7(2)14-9(13-6)15-8(4-10)11-5-12-15/h3,5H,4H2,1-2H3. The van der Waals surface area contributed by atoms with Gasteiger partial charge >= 0.3 is 0 Å². The number of hydrogen-bond donors (Lipinski definition) is 0. The summed E-state index contributed by atoms with van der Waals surface area (Å²) in [7, 11) is 0. The molecular formula is C9H10ClN5. The van der Waals surface area contributed by atoms with Crippen LogP contribution in [0, 0.1) is 13.8 Å². The molecule has 0 aliphatic carbocycles. The first-order valence-corrected chi connectivity index (χ1v) is 5.01. The molecule has 0 saturated carbocycles. The van der Waals surface area contributed by atoms with Gasteiger partial charge < -0.3 is 0 Å². The Labute approximate surface area is 92.2 Å². The number of rotatable bonds is 2. The number of aromatic nitrogens is 5. The van der Waals surface area contributed by atoms with Crippen LogP contribution >= 0.6 is 11.6 Å². The van der Waals surface area contributed by atoms with Crippen LogP contribution in [0.15, 0.2) is 12.4 Å². The Hall–Kier alpha value is -1.49. The summed E-state index contributed by atoms with van der Waals surface area (Å²) in [5.74, 6) is 1.44. The second-order valence-electron chi connectivity index (χ2n) is 3.17. The van der Waals surface area contributed by atoms with Crippen molar-refractivity contribution >= 4 is 11.6 Å². The van der Waals surface area contributed by atoms with Gasteiger partial charge in [0.05, 0.1) is 5.88 Å². The minimum absolute atomic E-state index is 0.288. The molecule has 0 N–H and O–H groups in total. The molecule has 0 amide bonds. The van der Waals surface area contributed by atoms with Crippen LogP contribution < -0.4 is 0 Å². The maximum absolute atomic E-state index is 5.72. The number of halogens is 1. The van der Waals surface area contributed by atoms with E-state index in [9.17, 15) is 0 Å². The lowest BCUT2D eigenvalue weighted by Gasteiger charge is -2.03. The van der Waals surface area contributed by atoms with E-state index in [4.69, 9.17) is 11.6 Å². The van der Waals surface area contributed by atoms with E-state index in [1.807, 2.05) is 19.9 Å². The van der Waals surface area contributed by atoms with Gasteiger partial charge in [-0.25, -0.2) is 15.0 Å². The first-order chi connectivity index (χ1) is 7.20. The minimum atomic E-state index is 0.288. The van der Waals surface area contributed by atoms with E-state index >= 15 is 0 Å². The Morgan fingerprint density at radius 2 is 1.93 bits per heavy atom. The molecule has 2 aromatic heterocycles. The van der Waals surface area contributed by atoms with E-state index in [0.29, 0.717) is 11.8 Å². The van der Waals surface area contributed by atoms with Gasteiger partial charge in [0.15, 0.2) is 5.82 Å². The topological polar surface area (TPSA) is 56.5 Å². The molecule has 0 radical (unpaired) electrons. The van der Waals surface area contributed by atoms with Crippen LogP contribution in [0.2, 0.25) is 0 Å². The molecule has 0 spiro atoms. The maximum atomic E-state index is 5.72. The summed E-state index contributed by atoms with van der Waals surface area (Å²) in [5.41, 5.74) is 1.79. The predicted octanol–water partition coefficient (Wildman–Crippen LogP) is 1.41. The van der Waals surface area contributed by atoms with E-state index in [1.54, 1.807) is 4.68 Å². The molecule has 0 unspecified atom stereocenters. The fourth-order valence-corrected chi connectivity index (χ4v) is 1.51. The molecule has 0 aliphatic heterocycles. The van der Waals surface area contributed by atoms with E-state index in [-0.39, 0.29) is 5.88 Å². The van der Waals surface area contributed by atoms with Gasteiger partial charge in [-0.2, -0.15) is 9.78 Å². The predicted molar refractivity (Wildman–Crippen MR) is 56.0 cm³/mol. The highest BCUT2D eigenvalue weighted by Crippen LogP contribution is 2.07. The van der Waals surface area contributed by atoms with Gasteiger partial charge in [0, 0.05) is 11.4 Å². The fourth-order valence-electron chi connectivity index (χ4n) is 1.33. The quantitative estimate of drug-likeness (QED) is 0.723. The Kier molecular flexibility index (Phi) is 2.64. The highest BCUT2D eigenvalue weighted by Gasteiger charge is 2.08. The van der Waals surface area contributed by atoms with Gasteiger partial charge in [-0.15, -0.1) is 11.6 Å². The Morgan fingerprint density at radius 3 is 2.53 bits per heavy atom. The van der Waals surface area contributed by atoms with Crippen molar-refractivity contribution in [3.05, 3.63) is 29.6 Å². The molecule has 0 bridgehead atoms. The van der Waals surface area contributed by atoms with Gasteiger partial charge in [-0.05, 0) is 19.9 Å². The number of alkyl halides is 1. The molecule has 15 heavy (non-hydrogen) atoms. The van der Waals surface area contributed by atoms with Gasteiger partial charge in [0.1, 0.15) is 6.33 Å². The third kappa shape index (κ3) is 1.97. The van der Waals surface area contributed by atoms with Crippen molar-refractivity contribution in [2.75, 3.05) is 0 Å². The summed E-state index contributed by atoms with van der Waals surface area (Å²) >= 11 is 5.72. The molecule has 6 heteroatoms. The van der Waals surface area contributed by atoms with Crippen molar-refractivity contribution in [2.24, 2.45) is 0 Å². The molecular weight excluding hydrogens is 214 g/mol. The smallest absolute Gasteiger partial charge is 0.218 e. The number of nitrogens with zero attached hydrogens (tertiary/aromatic N) is 5. The zero-order valence-electron chi connectivity index (χ0n) is 8.48. The maximum Gasteiger partial charge on any atom is 0.252 e. The van der Waals surface area contributed by atoms with Crippen molar-refractivity contribution in [1.82, 2.24) is 24.7 Å². The van der Waals surface area contributed by atoms with Crippen LogP contribution in [0.1, 0.15) is 17.2 Å². The largest absolute Gasteiger partial charge is 0.252 e. The zero-order valence-corrected chi connectivity index (χ0v) is 9.23. The molecule has 2 rings (SSSR count). The summed E-state index contributed by atoms with van der Waals surface area (Å²) in [4.78, 5) is 12.6. The third-order valence-electron chi connectivity index (χ3n) is 1.90. The zero-order chi connectivity index (χ0) is 10.8. The van der Waals surface area contributed by atoms with Crippen molar-refractivity contribution < 1.29 is 0 Å². The van der Waals surface area contributed by atoms with Crippen molar-refractivity contribution in [2.45, 2.75) is 19.7 Å². The lowest BCUT2D eigenvalue weighted by molar-refractivity contribution is 0.761. The van der Waals surface area contributed by atoms with Crippen LogP contribution in [-0.4, -0.2) is 24.7 Å². The molecule has 0 aromatic carbocycles. The molecule has 0 aliphatic rings. The first-order valence-electron chi connectivity index (χ1n) is 4.48. The molecule has 2 aromatic rings. The van der Waals surface area contributed by atoms with Crippen LogP contribution in [0.3, 0.4) is 0 Å². The number of hydrogen-bond acceptors (Lipinski definition) is 4. The van der Waals surface area contributed by atoms with Crippen LogP contribution in [0.5, 0.6) is 0 Å². The lowest BCUT2D eigenvalue weighted by atomic mass is 10.4.